The number of nitrogens with two attached hydrogens (primary N) is 1. The third-order valence-electron chi connectivity index (χ3n) is 21.8. The van der Waals surface area contributed by atoms with E-state index in [1.54, 1.807) is 12.5 Å². The molecule has 5 saturated carbocycles. The van der Waals surface area contributed by atoms with Crippen LogP contribution >= 0.6 is 0 Å². The number of fused-ring (bicyclic) bond motifs is 7. The summed E-state index contributed by atoms with van der Waals surface area (Å²) in [6.07, 6.45) is 8.94. The van der Waals surface area contributed by atoms with Gasteiger partial charge in [-0.1, -0.05) is 58.6 Å². The van der Waals surface area contributed by atoms with E-state index in [0.717, 1.165) is 44.2 Å². The van der Waals surface area contributed by atoms with Crippen LogP contribution in [0.5, 0.6) is 0 Å². The lowest BCUT2D eigenvalue weighted by atomic mass is 9.29. The predicted octanol–water partition coefficient (Wildman–Crippen LogP) is 3.76. The van der Waals surface area contributed by atoms with E-state index in [0.29, 0.717) is 70.8 Å². The molecule has 9 rings (SSSR count). The van der Waals surface area contributed by atoms with Gasteiger partial charge in [-0.15, -0.1) is 0 Å². The molecule has 20 atom stereocenters. The van der Waals surface area contributed by atoms with E-state index in [1.165, 1.54) is 5.57 Å². The molecule has 0 radical (unpaired) electrons. The largest absolute Gasteiger partial charge is 0.481 e. The van der Waals surface area contributed by atoms with Gasteiger partial charge in [-0.2, -0.15) is 0 Å². The number of imidazole rings is 1. The summed E-state index contributed by atoms with van der Waals surface area (Å²) in [5.74, 6) is -3.56. The van der Waals surface area contributed by atoms with Gasteiger partial charge in [0.05, 0.1) is 49.7 Å². The smallest absolute Gasteiger partial charge is 0.310 e. The van der Waals surface area contributed by atoms with Crippen molar-refractivity contribution in [3.05, 3.63) is 29.9 Å². The average molecular weight is 969 g/mol. The van der Waals surface area contributed by atoms with Crippen molar-refractivity contribution in [1.29, 1.82) is 0 Å². The van der Waals surface area contributed by atoms with Crippen molar-refractivity contribution < 1.29 is 59.9 Å². The average Bonchev–Trinajstić information content (AvgIpc) is 3.99. The van der Waals surface area contributed by atoms with E-state index in [2.05, 4.69) is 42.1 Å². The van der Waals surface area contributed by atoms with E-state index >= 15 is 0 Å². The molecule has 1 aromatic rings. The van der Waals surface area contributed by atoms with Gasteiger partial charge >= 0.3 is 5.97 Å². The van der Waals surface area contributed by atoms with E-state index in [-0.39, 0.29) is 55.3 Å². The van der Waals surface area contributed by atoms with Crippen LogP contribution < -0.4 is 11.1 Å². The van der Waals surface area contributed by atoms with Gasteiger partial charge in [-0.05, 0) is 147 Å². The number of aliphatic hydroxyl groups excluding tert-OH is 7. The lowest BCUT2D eigenvalue weighted by Gasteiger charge is -2.76. The summed E-state index contributed by atoms with van der Waals surface area (Å²) in [5.41, 5.74) is 4.20. The van der Waals surface area contributed by atoms with Crippen molar-refractivity contribution >= 4 is 11.9 Å². The first-order valence-electron chi connectivity index (χ1n) is 26.6. The van der Waals surface area contributed by atoms with Crippen molar-refractivity contribution in [2.45, 2.75) is 179 Å². The van der Waals surface area contributed by atoms with Gasteiger partial charge < -0.3 is 66.4 Å². The van der Waals surface area contributed by atoms with E-state index < -0.39 is 106 Å². The zero-order chi connectivity index (χ0) is 49.5. The Hall–Kier alpha value is -2.51. The molecule has 69 heavy (non-hydrogen) atoms. The zero-order valence-electron chi connectivity index (χ0n) is 41.5. The molecule has 0 bridgehead atoms. The van der Waals surface area contributed by atoms with Gasteiger partial charge in [0.25, 0.3) is 0 Å². The number of nitrogens with zero attached hydrogens (tertiary/aromatic N) is 1. The second kappa shape index (κ2) is 19.1. The number of aliphatic hydroxyl groups is 7. The molecule has 7 fully saturated rings. The number of hydrogen-bond donors (Lipinski definition) is 11. The van der Waals surface area contributed by atoms with Crippen molar-refractivity contribution in [2.75, 3.05) is 33.0 Å². The number of carbonyl (C=O) groups is 2. The minimum atomic E-state index is -1.64. The minimum Gasteiger partial charge on any atom is -0.481 e. The molecule has 0 spiro atoms. The predicted molar refractivity (Wildman–Crippen MR) is 254 cm³/mol. The van der Waals surface area contributed by atoms with Crippen molar-refractivity contribution in [1.82, 2.24) is 15.3 Å². The Bertz CT molecular complexity index is 2040. The topological polar surface area (TPSA) is 281 Å². The highest BCUT2D eigenvalue weighted by Gasteiger charge is 2.76. The Labute approximate surface area is 407 Å². The highest BCUT2D eigenvalue weighted by molar-refractivity contribution is 5.82. The quantitative estimate of drug-likeness (QED) is 0.0936. The molecule has 1 aromatic heterocycles. The maximum absolute atomic E-state index is 14.3. The molecule has 2 saturated heterocycles. The normalized spacial score (nSPS) is 48.3. The van der Waals surface area contributed by atoms with Crippen LogP contribution in [0.25, 0.3) is 0 Å². The molecule has 0 aromatic carbocycles. The summed E-state index contributed by atoms with van der Waals surface area (Å²) >= 11 is 0. The number of hydrogen-bond acceptors (Lipinski definition) is 13. The Kier molecular flexibility index (Phi) is 14.2. The highest BCUT2D eigenvalue weighted by atomic mass is 16.7. The molecule has 20 unspecified atom stereocenters. The third kappa shape index (κ3) is 7.76. The Balaban J connectivity index is 1.24. The standard InChI is InChI=1S/C53H84N4O12/c1-48(26-59)16-18-52(47(66)67)19-17-50(3)33(35(52)22-48)12-13-39-51(50,4)15-14-38-49(2,27-60)44(69-46-43(64)42(63)37(61)25-68-46)41(62)34(53(38,39)29-9-6-5-7-10-29)21-31-32(24-58)45(65)57-40(31)30(11-8-20-54)36-23-55-28-56-36/h12,23,28-32,34-35,37-44,46,58-64H,5-11,13-22,24-27,54H2,1-4H3,(H,55,56)(H,57,65)(H,66,67). The number of carboxylic acids is 1. The molecule has 6 aliphatic carbocycles. The molecular weight excluding hydrogens is 885 g/mol. The minimum absolute atomic E-state index is 0.0115. The van der Waals surface area contributed by atoms with Crippen LogP contribution in [0.4, 0.5) is 0 Å². The number of nitrogens with one attached hydrogen (secondary N) is 2. The maximum atomic E-state index is 14.3. The molecule has 2 aliphatic heterocycles. The van der Waals surface area contributed by atoms with Crippen LogP contribution in [0, 0.1) is 73.9 Å². The Morgan fingerprint density at radius 2 is 1.68 bits per heavy atom. The lowest BCUT2D eigenvalue weighted by molar-refractivity contribution is -0.350. The molecule has 3 heterocycles. The van der Waals surface area contributed by atoms with Gasteiger partial charge in [-0.3, -0.25) is 9.59 Å². The van der Waals surface area contributed by atoms with Crippen LogP contribution in [0.2, 0.25) is 0 Å². The Morgan fingerprint density at radius 1 is 0.942 bits per heavy atom. The fraction of sp³-hybridized carbons (Fsp3) is 0.868. The third-order valence-corrected chi connectivity index (χ3v) is 21.8. The number of aromatic nitrogens is 2. The van der Waals surface area contributed by atoms with Crippen molar-refractivity contribution in [3.63, 3.8) is 0 Å². The first-order valence-corrected chi connectivity index (χ1v) is 26.6. The number of aliphatic carboxylic acids is 1. The first-order chi connectivity index (χ1) is 32.9. The fourth-order valence-corrected chi connectivity index (χ4v) is 17.9. The molecule has 12 N–H and O–H groups in total. The summed E-state index contributed by atoms with van der Waals surface area (Å²) < 4.78 is 12.7. The molecule has 8 aliphatic rings. The fourth-order valence-electron chi connectivity index (χ4n) is 17.9. The number of amides is 1. The number of aromatic amines is 1. The summed E-state index contributed by atoms with van der Waals surface area (Å²) in [6, 6.07) is -0.457. The monoisotopic (exact) mass is 969 g/mol. The summed E-state index contributed by atoms with van der Waals surface area (Å²) in [7, 11) is 0. The highest BCUT2D eigenvalue weighted by Crippen LogP contribution is 2.79. The van der Waals surface area contributed by atoms with Gasteiger partial charge in [0.2, 0.25) is 5.91 Å². The number of H-pyrrole nitrogens is 1. The number of rotatable bonds is 14. The van der Waals surface area contributed by atoms with Gasteiger partial charge in [0.1, 0.15) is 18.3 Å². The summed E-state index contributed by atoms with van der Waals surface area (Å²) in [4.78, 5) is 35.5. The van der Waals surface area contributed by atoms with E-state index in [1.807, 2.05) is 6.92 Å². The van der Waals surface area contributed by atoms with Gasteiger partial charge in [0, 0.05) is 35.9 Å². The SMILES string of the molecule is CC1(CO)CCC2(C(=O)O)CCC3(C)C(=CCC4C5(C6CCCCC6)C(CC6C(CO)C(=O)NC6C(CCCN)c6cnc[nH]6)C(O)C(OC6OCC(O)C(O)C6O)C(C)(CO)C5CCC43C)C2C1. The van der Waals surface area contributed by atoms with E-state index in [9.17, 15) is 50.4 Å². The lowest BCUT2D eigenvalue weighted by Crippen LogP contribution is -2.75. The molecule has 16 heteroatoms. The van der Waals surface area contributed by atoms with Crippen LogP contribution in [-0.4, -0.2) is 139 Å². The van der Waals surface area contributed by atoms with Crippen LogP contribution in [0.15, 0.2) is 24.2 Å². The summed E-state index contributed by atoms with van der Waals surface area (Å²) in [6.45, 7) is 8.25. The van der Waals surface area contributed by atoms with Crippen LogP contribution in [0.1, 0.15) is 142 Å². The number of carbonyl (C=O) groups excluding carboxylic acids is 1. The number of ether oxygens (including phenoxy) is 2. The number of carboxylic acid groups (broad SMARTS) is 1. The second-order valence-electron chi connectivity index (χ2n) is 24.6. The molecule has 388 valence electrons. The van der Waals surface area contributed by atoms with Crippen molar-refractivity contribution in [2.24, 2.45) is 79.6 Å². The van der Waals surface area contributed by atoms with Crippen LogP contribution in [0.3, 0.4) is 0 Å². The van der Waals surface area contributed by atoms with Crippen LogP contribution in [-0.2, 0) is 19.1 Å². The second-order valence-corrected chi connectivity index (χ2v) is 24.6. The molecule has 16 nitrogen and oxygen atoms in total. The van der Waals surface area contributed by atoms with Gasteiger partial charge in [0.15, 0.2) is 6.29 Å². The Morgan fingerprint density at radius 3 is 2.33 bits per heavy atom. The maximum Gasteiger partial charge on any atom is 0.310 e. The molecule has 1 amide bonds. The summed E-state index contributed by atoms with van der Waals surface area (Å²) in [5, 5.41) is 95.1. The first kappa shape index (κ1) is 51.4. The van der Waals surface area contributed by atoms with Gasteiger partial charge in [-0.25, -0.2) is 4.98 Å². The van der Waals surface area contributed by atoms with E-state index in [4.69, 9.17) is 15.2 Å². The molecular formula is C53H84N4O12. The van der Waals surface area contributed by atoms with Crippen molar-refractivity contribution in [3.8, 4) is 0 Å². The zero-order valence-corrected chi connectivity index (χ0v) is 41.5. The number of allylic oxidation sites excluding steroid dienone is 2.